The molecule has 2 aliphatic rings. The summed E-state index contributed by atoms with van der Waals surface area (Å²) in [5.74, 6) is 0. The molecule has 4 aromatic rings. The van der Waals surface area contributed by atoms with E-state index in [9.17, 15) is 0 Å². The van der Waals surface area contributed by atoms with Crippen LogP contribution in [0.1, 0.15) is 47.2 Å². The molecule has 1 aliphatic carbocycles. The number of rotatable bonds is 6. The Morgan fingerprint density at radius 3 is 1.54 bits per heavy atom. The van der Waals surface area contributed by atoms with Gasteiger partial charge in [-0.05, 0) is 67.5 Å². The number of hydrogen-bond acceptors (Lipinski definition) is 0. The van der Waals surface area contributed by atoms with E-state index in [1.165, 1.54) is 67.0 Å². The van der Waals surface area contributed by atoms with Crippen molar-refractivity contribution >= 4 is 33.6 Å². The Balaban J connectivity index is 1.69. The van der Waals surface area contributed by atoms with Crippen LogP contribution in [-0.4, -0.2) is 26.2 Å². The van der Waals surface area contributed by atoms with Crippen molar-refractivity contribution in [3.05, 3.63) is 131 Å². The van der Waals surface area contributed by atoms with Crippen LogP contribution in [0.25, 0.3) is 10.8 Å². The van der Waals surface area contributed by atoms with E-state index in [2.05, 4.69) is 123 Å². The normalized spacial score (nSPS) is 15.5. The molecular formula is C35H34N2+2. The molecule has 6 rings (SSSR count). The van der Waals surface area contributed by atoms with Crippen molar-refractivity contribution in [3.63, 3.8) is 0 Å². The van der Waals surface area contributed by atoms with Gasteiger partial charge in [0.05, 0.1) is 25.0 Å². The fourth-order valence-electron chi connectivity index (χ4n) is 6.45. The summed E-state index contributed by atoms with van der Waals surface area (Å²) in [6, 6.07) is 27.2. The van der Waals surface area contributed by atoms with E-state index in [0.29, 0.717) is 0 Å². The van der Waals surface area contributed by atoms with E-state index in [-0.39, 0.29) is 5.66 Å². The highest BCUT2D eigenvalue weighted by atomic mass is 15.3. The van der Waals surface area contributed by atoms with E-state index in [0.717, 1.165) is 12.8 Å². The number of nitrogens with zero attached hydrogens (tertiary/aromatic N) is 2. The maximum Gasteiger partial charge on any atom is 0.357 e. The van der Waals surface area contributed by atoms with Gasteiger partial charge in [0.25, 0.3) is 11.4 Å². The van der Waals surface area contributed by atoms with Crippen LogP contribution < -0.4 is 0 Å². The molecule has 182 valence electrons. The highest BCUT2D eigenvalue weighted by Gasteiger charge is 2.60. The fourth-order valence-corrected chi connectivity index (χ4v) is 6.45. The van der Waals surface area contributed by atoms with Crippen molar-refractivity contribution in [2.75, 3.05) is 0 Å². The molecule has 1 heterocycles. The van der Waals surface area contributed by atoms with Gasteiger partial charge in [-0.15, -0.1) is 22.3 Å². The predicted octanol–water partition coefficient (Wildman–Crippen LogP) is 7.94. The molecule has 0 N–H and O–H groups in total. The Morgan fingerprint density at radius 2 is 1.14 bits per heavy atom. The Morgan fingerprint density at radius 1 is 0.676 bits per heavy atom. The molecule has 37 heavy (non-hydrogen) atoms. The zero-order chi connectivity index (χ0) is 25.9. The molecule has 0 unspecified atom stereocenters. The first-order valence-corrected chi connectivity index (χ1v) is 13.1. The van der Waals surface area contributed by atoms with E-state index in [4.69, 9.17) is 0 Å². The Hall–Kier alpha value is -4.04. The van der Waals surface area contributed by atoms with Gasteiger partial charge in [-0.2, -0.15) is 0 Å². The lowest BCUT2D eigenvalue weighted by Crippen LogP contribution is -2.40. The van der Waals surface area contributed by atoms with Crippen molar-refractivity contribution in [1.82, 2.24) is 0 Å². The summed E-state index contributed by atoms with van der Waals surface area (Å²) in [6.07, 6.45) is 5.71. The van der Waals surface area contributed by atoms with Gasteiger partial charge in [0.1, 0.15) is 0 Å². The van der Waals surface area contributed by atoms with Gasteiger partial charge in [-0.1, -0.05) is 48.6 Å². The van der Waals surface area contributed by atoms with Gasteiger partial charge in [0.2, 0.25) is 11.4 Å². The third-order valence-electron chi connectivity index (χ3n) is 7.95. The molecule has 2 heteroatoms. The highest BCUT2D eigenvalue weighted by molar-refractivity contribution is 6.58. The first kappa shape index (κ1) is 23.4. The van der Waals surface area contributed by atoms with Gasteiger partial charge in [-0.25, -0.2) is 0 Å². The van der Waals surface area contributed by atoms with Crippen LogP contribution in [0.2, 0.25) is 0 Å². The quantitative estimate of drug-likeness (QED) is 0.194. The smallest absolute Gasteiger partial charge is 0.121 e. The molecule has 0 aromatic heterocycles. The highest BCUT2D eigenvalue weighted by Crippen LogP contribution is 2.43. The van der Waals surface area contributed by atoms with Gasteiger partial charge in [-0.3, -0.25) is 0 Å². The Bertz CT molecular complexity index is 1570. The maximum atomic E-state index is 3.94. The van der Waals surface area contributed by atoms with E-state index in [1.54, 1.807) is 0 Å². The molecule has 1 aliphatic heterocycles. The van der Waals surface area contributed by atoms with Gasteiger partial charge in [0.15, 0.2) is 0 Å². The Labute approximate surface area is 220 Å². The molecule has 2 nitrogen and oxygen atoms in total. The molecule has 0 saturated carbocycles. The summed E-state index contributed by atoms with van der Waals surface area (Å²) in [5.41, 5.74) is 12.5. The lowest BCUT2D eigenvalue weighted by molar-refractivity contribution is -0.740. The fraction of sp³-hybridized carbons (Fsp3) is 0.200. The van der Waals surface area contributed by atoms with Crippen molar-refractivity contribution in [1.29, 1.82) is 0 Å². The first-order chi connectivity index (χ1) is 17.9. The number of hydrogen-bond donors (Lipinski definition) is 0. The van der Waals surface area contributed by atoms with Gasteiger partial charge >= 0.3 is 5.66 Å². The van der Waals surface area contributed by atoms with Crippen LogP contribution in [0.3, 0.4) is 0 Å². The molecule has 4 aromatic carbocycles. The molecular weight excluding hydrogens is 448 g/mol. The monoisotopic (exact) mass is 482 g/mol. The average molecular weight is 483 g/mol. The third-order valence-corrected chi connectivity index (χ3v) is 7.95. The first-order valence-electron chi connectivity index (χ1n) is 13.1. The maximum absolute atomic E-state index is 3.94. The van der Waals surface area contributed by atoms with Crippen molar-refractivity contribution in [3.8, 4) is 0 Å². The van der Waals surface area contributed by atoms with Crippen LogP contribution in [0.15, 0.2) is 98.1 Å². The second-order valence-corrected chi connectivity index (χ2v) is 10.8. The standard InChI is InChI=1S/C35H34N2/c1-7-11-25-17-19-30(23(3)21-25)36-33-28-15-9-13-27-14-10-16-29(32(27)28)34(33)37(35(36,5)6)31-20-18-26(12-8-2)22-24(31)4/h7-10,13-22H,1-2,11-12H2,3-6H3/q+2. The molecule has 0 spiro atoms. The van der Waals surface area contributed by atoms with Crippen LogP contribution in [0, 0.1) is 13.8 Å². The lowest BCUT2D eigenvalue weighted by Gasteiger charge is -2.19. The van der Waals surface area contributed by atoms with Gasteiger partial charge < -0.3 is 0 Å². The summed E-state index contributed by atoms with van der Waals surface area (Å²) < 4.78 is 5.14. The molecule has 0 atom stereocenters. The van der Waals surface area contributed by atoms with Crippen LogP contribution in [0.4, 0.5) is 11.4 Å². The third kappa shape index (κ3) is 3.39. The summed E-state index contributed by atoms with van der Waals surface area (Å²) in [5, 5.41) is 2.64. The number of benzene rings is 4. The SMILES string of the molecule is C=CCc1ccc([N+]2=C3C(=[N+](c4ccc(CC=C)cc4C)C2(C)C)c2cccc4cccc3c24)c(C)c1. The summed E-state index contributed by atoms with van der Waals surface area (Å²) in [7, 11) is 0. The molecule has 0 saturated heterocycles. The minimum Gasteiger partial charge on any atom is -0.121 e. The molecule has 0 bridgehead atoms. The van der Waals surface area contributed by atoms with Crippen LogP contribution in [-0.2, 0) is 12.8 Å². The molecule has 0 radical (unpaired) electrons. The average Bonchev–Trinajstić information content (AvgIpc) is 3.30. The molecule has 0 fully saturated rings. The Kier molecular flexibility index (Phi) is 5.38. The lowest BCUT2D eigenvalue weighted by atomic mass is 10.0. The van der Waals surface area contributed by atoms with E-state index in [1.807, 2.05) is 12.2 Å². The van der Waals surface area contributed by atoms with Crippen LogP contribution >= 0.6 is 0 Å². The summed E-state index contributed by atoms with van der Waals surface area (Å²) in [4.78, 5) is 0. The second-order valence-electron chi connectivity index (χ2n) is 10.8. The zero-order valence-corrected chi connectivity index (χ0v) is 22.3. The number of aryl methyl sites for hydroxylation is 2. The van der Waals surface area contributed by atoms with E-state index < -0.39 is 0 Å². The van der Waals surface area contributed by atoms with Crippen molar-refractivity contribution < 1.29 is 9.15 Å². The largest absolute Gasteiger partial charge is 0.357 e. The van der Waals surface area contributed by atoms with Gasteiger partial charge in [0, 0.05) is 28.6 Å². The van der Waals surface area contributed by atoms with Crippen molar-refractivity contribution in [2.24, 2.45) is 0 Å². The van der Waals surface area contributed by atoms with E-state index >= 15 is 0 Å². The molecule has 0 amide bonds. The second kappa shape index (κ2) is 8.52. The minimum atomic E-state index is -0.324. The topological polar surface area (TPSA) is 6.02 Å². The number of allylic oxidation sites excluding steroid dienone is 2. The minimum absolute atomic E-state index is 0.324. The number of fused-ring (bicyclic) bond motifs is 3. The summed E-state index contributed by atoms with van der Waals surface area (Å²) in [6.45, 7) is 17.0. The van der Waals surface area contributed by atoms with Crippen LogP contribution in [0.5, 0.6) is 0 Å². The van der Waals surface area contributed by atoms with Crippen molar-refractivity contribution in [2.45, 2.75) is 46.2 Å². The zero-order valence-electron chi connectivity index (χ0n) is 22.3. The summed E-state index contributed by atoms with van der Waals surface area (Å²) >= 11 is 0. The predicted molar refractivity (Wildman–Crippen MR) is 156 cm³/mol.